The monoisotopic (exact) mass is 306 g/mol. The number of nitrogens with one attached hydrogen (secondary N) is 2. The maximum Gasteiger partial charge on any atom is 0.328 e. The molecule has 0 saturated carbocycles. The summed E-state index contributed by atoms with van der Waals surface area (Å²) in [4.78, 5) is 34.7. The van der Waals surface area contributed by atoms with Crippen LogP contribution < -0.4 is 5.32 Å². The Kier molecular flexibility index (Phi) is 6.91. The summed E-state index contributed by atoms with van der Waals surface area (Å²) in [5, 5.41) is 19.1. The van der Waals surface area contributed by atoms with E-state index < -0.39 is 29.8 Å². The Bertz CT molecular complexity index is 544. The zero-order valence-corrected chi connectivity index (χ0v) is 12.1. The fourth-order valence-electron chi connectivity index (χ4n) is 1.79. The van der Waals surface area contributed by atoms with Gasteiger partial charge in [-0.2, -0.15) is 0 Å². The molecule has 1 aromatic carbocycles. The van der Waals surface area contributed by atoms with E-state index in [0.29, 0.717) is 11.8 Å². The predicted octanol–water partition coefficient (Wildman–Crippen LogP) is 0.377. The summed E-state index contributed by atoms with van der Waals surface area (Å²) in [5.74, 6) is -1.94. The second-order valence-electron chi connectivity index (χ2n) is 4.55. The van der Waals surface area contributed by atoms with Crippen LogP contribution in [0.3, 0.4) is 0 Å². The van der Waals surface area contributed by atoms with Crippen LogP contribution in [0, 0.1) is 5.41 Å². The van der Waals surface area contributed by atoms with E-state index >= 15 is 0 Å². The van der Waals surface area contributed by atoms with Crippen molar-refractivity contribution < 1.29 is 24.2 Å². The highest BCUT2D eigenvalue weighted by Gasteiger charge is 2.26. The molecular formula is C15H18N2O5. The number of hydrogen-bond donors (Lipinski definition) is 3. The maximum absolute atomic E-state index is 12.0. The number of aliphatic hydroxyl groups is 1. The molecule has 0 aliphatic rings. The number of esters is 1. The molecule has 0 bridgehead atoms. The molecule has 118 valence electrons. The number of hydrogen-bond acceptors (Lipinski definition) is 6. The molecule has 0 radical (unpaired) electrons. The van der Waals surface area contributed by atoms with E-state index in [1.54, 1.807) is 30.3 Å². The van der Waals surface area contributed by atoms with Crippen LogP contribution in [0.5, 0.6) is 0 Å². The first-order chi connectivity index (χ1) is 10.5. The first-order valence-corrected chi connectivity index (χ1v) is 6.64. The van der Waals surface area contributed by atoms with Crippen molar-refractivity contribution in [2.24, 2.45) is 0 Å². The topological polar surface area (TPSA) is 117 Å². The van der Waals surface area contributed by atoms with Gasteiger partial charge in [-0.1, -0.05) is 30.3 Å². The largest absolute Gasteiger partial charge is 0.467 e. The van der Waals surface area contributed by atoms with Crippen LogP contribution in [0.1, 0.15) is 24.5 Å². The van der Waals surface area contributed by atoms with E-state index in [0.717, 1.165) is 7.11 Å². The second kappa shape index (κ2) is 8.68. The van der Waals surface area contributed by atoms with Gasteiger partial charge in [0, 0.05) is 6.42 Å². The third-order valence-corrected chi connectivity index (χ3v) is 3.01. The third kappa shape index (κ3) is 5.10. The van der Waals surface area contributed by atoms with Crippen LogP contribution >= 0.6 is 0 Å². The molecule has 0 aliphatic heterocycles. The molecule has 1 aromatic rings. The Balaban J connectivity index is 2.71. The van der Waals surface area contributed by atoms with Gasteiger partial charge >= 0.3 is 5.97 Å². The Labute approximate surface area is 127 Å². The van der Waals surface area contributed by atoms with Crippen molar-refractivity contribution in [1.82, 2.24) is 5.32 Å². The van der Waals surface area contributed by atoms with Crippen molar-refractivity contribution in [3.8, 4) is 0 Å². The highest BCUT2D eigenvalue weighted by atomic mass is 16.5. The number of aliphatic hydroxyl groups excluding tert-OH is 1. The number of Topliss-reactive ketones (excluding diaryl/α,β-unsaturated/α-hetero) is 1. The number of rotatable bonds is 8. The summed E-state index contributed by atoms with van der Waals surface area (Å²) in [5.41, 5.74) is 0.388. The molecule has 1 rings (SSSR count). The van der Waals surface area contributed by atoms with Gasteiger partial charge in [0.1, 0.15) is 6.04 Å². The molecule has 2 atom stereocenters. The van der Waals surface area contributed by atoms with Crippen molar-refractivity contribution in [2.75, 3.05) is 7.11 Å². The third-order valence-electron chi connectivity index (χ3n) is 3.01. The van der Waals surface area contributed by atoms with Crippen LogP contribution in [0.15, 0.2) is 30.3 Å². The average molecular weight is 306 g/mol. The van der Waals surface area contributed by atoms with Crippen LogP contribution in [0.4, 0.5) is 0 Å². The van der Waals surface area contributed by atoms with Gasteiger partial charge in [-0.3, -0.25) is 9.59 Å². The molecule has 1 amide bonds. The van der Waals surface area contributed by atoms with Gasteiger partial charge in [0.05, 0.1) is 13.3 Å². The van der Waals surface area contributed by atoms with Crippen LogP contribution in [-0.2, 0) is 19.1 Å². The Morgan fingerprint density at radius 3 is 2.50 bits per heavy atom. The number of ether oxygens (including phenoxy) is 1. The number of carbonyl (C=O) groups excluding carboxylic acids is 3. The number of methoxy groups -OCH3 is 1. The molecule has 7 heteroatoms. The molecule has 0 aliphatic carbocycles. The first kappa shape index (κ1) is 17.5. The zero-order chi connectivity index (χ0) is 16.5. The standard InChI is InChI=1S/C15H18N2O5/c1-22-15(21)12(8-7-11(18)9-16)17-14(20)13(19)10-5-3-2-4-6-10/h2-6,9,12-13,16,19H,7-8H2,1H3,(H,17,20)/t12-,13-/m0/s1. The second-order valence-corrected chi connectivity index (χ2v) is 4.55. The lowest BCUT2D eigenvalue weighted by molar-refractivity contribution is -0.146. The maximum atomic E-state index is 12.0. The highest BCUT2D eigenvalue weighted by Crippen LogP contribution is 2.13. The Morgan fingerprint density at radius 1 is 1.32 bits per heavy atom. The quantitative estimate of drug-likeness (QED) is 0.474. The van der Waals surface area contributed by atoms with E-state index in [9.17, 15) is 19.5 Å². The van der Waals surface area contributed by atoms with Crippen molar-refractivity contribution in [3.63, 3.8) is 0 Å². The van der Waals surface area contributed by atoms with Crippen LogP contribution in [0.25, 0.3) is 0 Å². The number of benzene rings is 1. The molecule has 0 saturated heterocycles. The first-order valence-electron chi connectivity index (χ1n) is 6.64. The summed E-state index contributed by atoms with van der Waals surface area (Å²) < 4.78 is 4.56. The lowest BCUT2D eigenvalue weighted by Crippen LogP contribution is -2.44. The number of carbonyl (C=O) groups is 3. The van der Waals surface area contributed by atoms with Crippen LogP contribution in [-0.4, -0.2) is 42.1 Å². The summed E-state index contributed by atoms with van der Waals surface area (Å²) in [6, 6.07) is 7.19. The van der Waals surface area contributed by atoms with Crippen molar-refractivity contribution in [3.05, 3.63) is 35.9 Å². The molecule has 3 N–H and O–H groups in total. The van der Waals surface area contributed by atoms with Gasteiger partial charge in [-0.15, -0.1) is 0 Å². The van der Waals surface area contributed by atoms with E-state index in [2.05, 4.69) is 10.1 Å². The smallest absolute Gasteiger partial charge is 0.328 e. The molecule has 7 nitrogen and oxygen atoms in total. The van der Waals surface area contributed by atoms with Gasteiger partial charge in [-0.25, -0.2) is 4.79 Å². The summed E-state index contributed by atoms with van der Waals surface area (Å²) in [7, 11) is 1.16. The fraction of sp³-hybridized carbons (Fsp3) is 0.333. The van der Waals surface area contributed by atoms with Crippen molar-refractivity contribution in [2.45, 2.75) is 25.0 Å². The van der Waals surface area contributed by atoms with E-state index in [4.69, 9.17) is 5.41 Å². The molecule has 0 aromatic heterocycles. The Hall–Kier alpha value is -2.54. The molecule has 0 heterocycles. The van der Waals surface area contributed by atoms with Gasteiger partial charge in [-0.05, 0) is 12.0 Å². The molecule has 22 heavy (non-hydrogen) atoms. The minimum atomic E-state index is -1.42. The Morgan fingerprint density at radius 2 is 1.95 bits per heavy atom. The fourth-order valence-corrected chi connectivity index (χ4v) is 1.79. The van der Waals surface area contributed by atoms with E-state index in [-0.39, 0.29) is 12.8 Å². The molecule has 0 fully saturated rings. The van der Waals surface area contributed by atoms with Crippen molar-refractivity contribution in [1.29, 1.82) is 5.41 Å². The van der Waals surface area contributed by atoms with Crippen LogP contribution in [0.2, 0.25) is 0 Å². The van der Waals surface area contributed by atoms with E-state index in [1.165, 1.54) is 0 Å². The number of amides is 1. The average Bonchev–Trinajstić information content (AvgIpc) is 2.57. The molecule has 0 spiro atoms. The van der Waals surface area contributed by atoms with Gasteiger partial charge in [0.25, 0.3) is 5.91 Å². The lowest BCUT2D eigenvalue weighted by Gasteiger charge is -2.18. The van der Waals surface area contributed by atoms with Gasteiger partial charge in [0.2, 0.25) is 0 Å². The minimum absolute atomic E-state index is 0.00582. The molecular weight excluding hydrogens is 288 g/mol. The van der Waals surface area contributed by atoms with Gasteiger partial charge in [0.15, 0.2) is 11.9 Å². The van der Waals surface area contributed by atoms with Gasteiger partial charge < -0.3 is 20.6 Å². The zero-order valence-electron chi connectivity index (χ0n) is 12.1. The van der Waals surface area contributed by atoms with E-state index in [1.807, 2.05) is 0 Å². The summed E-state index contributed by atoms with van der Waals surface area (Å²) >= 11 is 0. The predicted molar refractivity (Wildman–Crippen MR) is 78.4 cm³/mol. The summed E-state index contributed by atoms with van der Waals surface area (Å²) in [6.07, 6.45) is -0.861. The lowest BCUT2D eigenvalue weighted by atomic mass is 10.1. The number of ketones is 1. The van der Waals surface area contributed by atoms with Crippen molar-refractivity contribution >= 4 is 23.9 Å². The summed E-state index contributed by atoms with van der Waals surface area (Å²) in [6.45, 7) is 0. The SMILES string of the molecule is COC(=O)[C@H](CCC(=O)C=N)NC(=O)[C@@H](O)c1ccccc1. The minimum Gasteiger partial charge on any atom is -0.467 e. The molecule has 0 unspecified atom stereocenters. The normalized spacial score (nSPS) is 12.8. The highest BCUT2D eigenvalue weighted by molar-refractivity contribution is 6.26.